The monoisotopic (exact) mass is 540 g/mol. The predicted octanol–water partition coefficient (Wildman–Crippen LogP) is 10.5. The molecule has 42 heavy (non-hydrogen) atoms. The Bertz CT molecular complexity index is 2180. The average molecular weight is 541 g/mol. The summed E-state index contributed by atoms with van der Waals surface area (Å²) in [4.78, 5) is 5.15. The minimum atomic E-state index is 0.921. The minimum Gasteiger partial charge on any atom is -0.459 e. The van der Waals surface area contributed by atoms with Gasteiger partial charge in [-0.15, -0.1) is 0 Å². The highest BCUT2D eigenvalue weighted by Gasteiger charge is 2.23. The summed E-state index contributed by atoms with van der Waals surface area (Å²) in [6.45, 7) is 4.22. The summed E-state index contributed by atoms with van der Waals surface area (Å²) in [5, 5.41) is 3.51. The van der Waals surface area contributed by atoms with Gasteiger partial charge in [0.05, 0.1) is 22.4 Å². The molecule has 0 unspecified atom stereocenters. The van der Waals surface area contributed by atoms with Crippen molar-refractivity contribution in [1.29, 1.82) is 0 Å². The van der Waals surface area contributed by atoms with Gasteiger partial charge in [-0.1, -0.05) is 97.1 Å². The number of para-hydroxylation sites is 2. The van der Waals surface area contributed by atoms with Crippen LogP contribution in [0.25, 0.3) is 72.1 Å². The molecule has 0 saturated carbocycles. The maximum absolute atomic E-state index is 6.55. The third-order valence-electron chi connectivity index (χ3n) is 8.37. The fourth-order valence-electron chi connectivity index (χ4n) is 6.21. The summed E-state index contributed by atoms with van der Waals surface area (Å²) in [5.74, 6) is 0.943. The molecule has 3 heterocycles. The Morgan fingerprint density at radius 1 is 0.571 bits per heavy atom. The molecule has 0 aliphatic heterocycles. The summed E-state index contributed by atoms with van der Waals surface area (Å²) in [6, 6.07) is 46.9. The van der Waals surface area contributed by atoms with Crippen LogP contribution in [0.4, 0.5) is 0 Å². The van der Waals surface area contributed by atoms with Crippen molar-refractivity contribution in [3.8, 4) is 39.3 Å². The zero-order chi connectivity index (χ0) is 28.2. The quantitative estimate of drug-likeness (QED) is 0.222. The number of rotatable bonds is 4. The van der Waals surface area contributed by atoms with Crippen LogP contribution in [0.5, 0.6) is 0 Å². The first kappa shape index (κ1) is 24.4. The Kier molecular flexibility index (Phi) is 5.58. The highest BCUT2D eigenvalue weighted by Crippen LogP contribution is 2.45. The molecule has 0 atom stereocenters. The summed E-state index contributed by atoms with van der Waals surface area (Å²) in [5.41, 5.74) is 11.8. The standard InChI is InChI=1S/C39H28N2O/c1-25-26(2)42-39-32(25)24-33(37-31-20-12-13-21-36(31)41(38(37)39)30-18-10-5-11-19-30)29-22-34(27-14-6-3-7-15-27)40-35(23-29)28-16-8-4-9-17-28/h3-24H,1-2H3. The number of nitrogens with zero attached hydrogens (tertiary/aromatic N) is 2. The van der Waals surface area contributed by atoms with Crippen LogP contribution < -0.4 is 0 Å². The van der Waals surface area contributed by atoms with E-state index < -0.39 is 0 Å². The van der Waals surface area contributed by atoms with Gasteiger partial charge >= 0.3 is 0 Å². The van der Waals surface area contributed by atoms with E-state index in [-0.39, 0.29) is 0 Å². The molecule has 0 saturated heterocycles. The van der Waals surface area contributed by atoms with Crippen LogP contribution in [0.15, 0.2) is 138 Å². The molecule has 0 radical (unpaired) electrons. The van der Waals surface area contributed by atoms with Gasteiger partial charge in [0.25, 0.3) is 0 Å². The second-order valence-corrected chi connectivity index (χ2v) is 10.9. The third-order valence-corrected chi connectivity index (χ3v) is 8.37. The van der Waals surface area contributed by atoms with Crippen molar-refractivity contribution >= 4 is 32.8 Å². The third kappa shape index (κ3) is 3.78. The van der Waals surface area contributed by atoms with Crippen LogP contribution in [0.3, 0.4) is 0 Å². The second kappa shape index (κ2) is 9.60. The fraction of sp³-hybridized carbons (Fsp3) is 0.0513. The van der Waals surface area contributed by atoms with E-state index >= 15 is 0 Å². The molecular weight excluding hydrogens is 512 g/mol. The number of hydrogen-bond acceptors (Lipinski definition) is 2. The first-order valence-corrected chi connectivity index (χ1v) is 14.3. The lowest BCUT2D eigenvalue weighted by molar-refractivity contribution is 0.577. The van der Waals surface area contributed by atoms with Crippen LogP contribution in [0.1, 0.15) is 11.3 Å². The van der Waals surface area contributed by atoms with Crippen LogP contribution in [-0.4, -0.2) is 9.55 Å². The molecule has 3 nitrogen and oxygen atoms in total. The molecule has 0 N–H and O–H groups in total. The first-order chi connectivity index (χ1) is 20.7. The number of pyridine rings is 1. The van der Waals surface area contributed by atoms with Gasteiger partial charge < -0.3 is 8.98 Å². The maximum atomic E-state index is 6.55. The van der Waals surface area contributed by atoms with Crippen LogP contribution in [0, 0.1) is 13.8 Å². The van der Waals surface area contributed by atoms with E-state index in [1.807, 2.05) is 12.1 Å². The first-order valence-electron chi connectivity index (χ1n) is 14.3. The van der Waals surface area contributed by atoms with E-state index in [2.05, 4.69) is 140 Å². The smallest absolute Gasteiger partial charge is 0.159 e. The van der Waals surface area contributed by atoms with Crippen molar-refractivity contribution in [3.05, 3.63) is 145 Å². The van der Waals surface area contributed by atoms with E-state index in [1.54, 1.807) is 0 Å². The molecule has 3 aromatic heterocycles. The predicted molar refractivity (Wildman–Crippen MR) is 174 cm³/mol. The Balaban J connectivity index is 1.55. The zero-order valence-corrected chi connectivity index (χ0v) is 23.5. The molecule has 3 heteroatoms. The lowest BCUT2D eigenvalue weighted by Gasteiger charge is -2.13. The van der Waals surface area contributed by atoms with Crippen molar-refractivity contribution in [2.75, 3.05) is 0 Å². The zero-order valence-electron chi connectivity index (χ0n) is 23.5. The van der Waals surface area contributed by atoms with Crippen molar-refractivity contribution in [3.63, 3.8) is 0 Å². The molecule has 0 aliphatic rings. The minimum absolute atomic E-state index is 0.921. The van der Waals surface area contributed by atoms with Gasteiger partial charge in [-0.05, 0) is 66.9 Å². The summed E-state index contributed by atoms with van der Waals surface area (Å²) >= 11 is 0. The number of aryl methyl sites for hydroxylation is 2. The van der Waals surface area contributed by atoms with Crippen molar-refractivity contribution in [2.24, 2.45) is 0 Å². The lowest BCUT2D eigenvalue weighted by Crippen LogP contribution is -1.94. The van der Waals surface area contributed by atoms with Crippen molar-refractivity contribution in [1.82, 2.24) is 9.55 Å². The summed E-state index contributed by atoms with van der Waals surface area (Å²) in [6.07, 6.45) is 0. The van der Waals surface area contributed by atoms with Gasteiger partial charge in [0.15, 0.2) is 5.58 Å². The highest BCUT2D eigenvalue weighted by molar-refractivity contribution is 6.23. The van der Waals surface area contributed by atoms with Gasteiger partial charge in [-0.3, -0.25) is 0 Å². The summed E-state index contributed by atoms with van der Waals surface area (Å²) < 4.78 is 8.90. The van der Waals surface area contributed by atoms with E-state index in [0.717, 1.165) is 61.5 Å². The number of furan rings is 1. The SMILES string of the molecule is Cc1oc2c(cc(-c3cc(-c4ccccc4)nc(-c4ccccc4)c3)c3c4ccccc4n(-c4ccccc4)c23)c1C. The van der Waals surface area contributed by atoms with Gasteiger partial charge in [-0.2, -0.15) is 0 Å². The normalized spacial score (nSPS) is 11.6. The highest BCUT2D eigenvalue weighted by atomic mass is 16.3. The Hall–Kier alpha value is -5.41. The summed E-state index contributed by atoms with van der Waals surface area (Å²) in [7, 11) is 0. The average Bonchev–Trinajstić information content (AvgIpc) is 3.55. The van der Waals surface area contributed by atoms with E-state index in [0.29, 0.717) is 0 Å². The maximum Gasteiger partial charge on any atom is 0.159 e. The topological polar surface area (TPSA) is 31.0 Å². The Morgan fingerprint density at radius 2 is 1.14 bits per heavy atom. The molecule has 0 aliphatic carbocycles. The number of aromatic nitrogens is 2. The van der Waals surface area contributed by atoms with Gasteiger partial charge in [0.1, 0.15) is 5.76 Å². The van der Waals surface area contributed by atoms with Gasteiger partial charge in [0, 0.05) is 33.0 Å². The number of fused-ring (bicyclic) bond motifs is 5. The molecule has 8 rings (SSSR count). The Labute approximate surface area is 244 Å². The molecular formula is C39H28N2O. The van der Waals surface area contributed by atoms with Crippen molar-refractivity contribution in [2.45, 2.75) is 13.8 Å². The number of hydrogen-bond donors (Lipinski definition) is 0. The molecule has 8 aromatic rings. The fourth-order valence-corrected chi connectivity index (χ4v) is 6.21. The molecule has 0 spiro atoms. The largest absolute Gasteiger partial charge is 0.459 e. The van der Waals surface area contributed by atoms with Crippen LogP contribution in [-0.2, 0) is 0 Å². The number of benzene rings is 5. The Morgan fingerprint density at radius 3 is 1.79 bits per heavy atom. The lowest BCUT2D eigenvalue weighted by atomic mass is 9.94. The second-order valence-electron chi connectivity index (χ2n) is 10.9. The molecule has 0 bridgehead atoms. The van der Waals surface area contributed by atoms with Crippen LogP contribution in [0.2, 0.25) is 0 Å². The molecule has 0 amide bonds. The van der Waals surface area contributed by atoms with E-state index in [1.165, 1.54) is 21.9 Å². The van der Waals surface area contributed by atoms with Crippen molar-refractivity contribution < 1.29 is 4.42 Å². The molecule has 200 valence electrons. The van der Waals surface area contributed by atoms with Gasteiger partial charge in [0.2, 0.25) is 0 Å². The molecule has 5 aromatic carbocycles. The van der Waals surface area contributed by atoms with E-state index in [4.69, 9.17) is 9.40 Å². The van der Waals surface area contributed by atoms with Gasteiger partial charge in [-0.25, -0.2) is 4.98 Å². The van der Waals surface area contributed by atoms with E-state index in [9.17, 15) is 0 Å². The molecule has 0 fully saturated rings. The van der Waals surface area contributed by atoms with Crippen LogP contribution >= 0.6 is 0 Å².